The first-order valence-electron chi connectivity index (χ1n) is 16.9. The highest BCUT2D eigenvalue weighted by Gasteiger charge is 2.69. The number of aromatic nitrogens is 2. The average Bonchev–Trinajstić information content (AvgIpc) is 3.41. The Hall–Kier alpha value is -3.22. The van der Waals surface area contributed by atoms with E-state index in [4.69, 9.17) is 23.2 Å². The van der Waals surface area contributed by atoms with E-state index in [1.165, 1.54) is 13.3 Å². The highest BCUT2D eigenvalue weighted by molar-refractivity contribution is 6.74. The first-order valence-corrected chi connectivity index (χ1v) is 19.8. The summed E-state index contributed by atoms with van der Waals surface area (Å²) in [5.41, 5.74) is -0.548. The molecule has 0 radical (unpaired) electrons. The van der Waals surface area contributed by atoms with E-state index in [2.05, 4.69) is 37.8 Å². The number of ketones is 2. The largest absolute Gasteiger partial charge is 0.507 e. The molecule has 0 unspecified atom stereocenters. The number of carbonyl (C=O) groups is 2. The second kappa shape index (κ2) is 13.0. The van der Waals surface area contributed by atoms with E-state index in [0.717, 1.165) is 25.7 Å². The minimum Gasteiger partial charge on any atom is -0.507 e. The Labute approximate surface area is 279 Å². The van der Waals surface area contributed by atoms with Crippen LogP contribution >= 0.6 is 0 Å². The summed E-state index contributed by atoms with van der Waals surface area (Å²) in [5, 5.41) is 16.0. The molecule has 0 aromatic carbocycles. The molecule has 12 heteroatoms. The number of nitrogens with zero attached hydrogens (tertiary/aromatic N) is 3. The second-order valence-electron chi connectivity index (χ2n) is 14.8. The molecule has 1 N–H and O–H groups in total. The van der Waals surface area contributed by atoms with Crippen molar-refractivity contribution in [3.8, 4) is 17.5 Å². The van der Waals surface area contributed by atoms with Crippen molar-refractivity contribution in [1.29, 1.82) is 0 Å². The van der Waals surface area contributed by atoms with Crippen LogP contribution in [0.4, 0.5) is 0 Å². The van der Waals surface area contributed by atoms with Gasteiger partial charge in [-0.3, -0.25) is 14.5 Å². The summed E-state index contributed by atoms with van der Waals surface area (Å²) in [7, 11) is 2.52. The molecule has 0 spiro atoms. The van der Waals surface area contributed by atoms with Crippen molar-refractivity contribution in [1.82, 2.24) is 15.0 Å². The van der Waals surface area contributed by atoms with Crippen LogP contribution in [0.1, 0.15) is 100 Å². The summed E-state index contributed by atoms with van der Waals surface area (Å²) in [4.78, 5) is 37.0. The number of fused-ring (bicyclic) bond motifs is 4. The zero-order chi connectivity index (χ0) is 34.5. The maximum Gasteiger partial charge on any atom is 0.265 e. The van der Waals surface area contributed by atoms with Gasteiger partial charge in [0.05, 0.1) is 38.1 Å². The molecule has 4 atom stereocenters. The first-order chi connectivity index (χ1) is 22.2. The number of aliphatic hydroxyl groups is 1. The monoisotopic (exact) mass is 669 g/mol. The molecular weight excluding hydrogens is 618 g/mol. The van der Waals surface area contributed by atoms with Gasteiger partial charge in [0.25, 0.3) is 5.88 Å². The van der Waals surface area contributed by atoms with E-state index in [0.29, 0.717) is 54.6 Å². The SMILES string of the molecule is CCCCOc1cnc(OC)c2c1C(O)=C1C(=O)[C@]3(O[Si](C)(C)C(C)(C)C)C(=O)c4c(OCCCC)noc4[C@@H](N(C)C)[C@@H]3C[C@@H]1C2. The van der Waals surface area contributed by atoms with Gasteiger partial charge in [-0.2, -0.15) is 0 Å². The van der Waals surface area contributed by atoms with Crippen LogP contribution in [-0.4, -0.2) is 80.1 Å². The normalized spacial score (nSPS) is 24.1. The van der Waals surface area contributed by atoms with Gasteiger partial charge in [0.15, 0.2) is 19.7 Å². The van der Waals surface area contributed by atoms with Crippen molar-refractivity contribution in [2.45, 2.75) is 103 Å². The van der Waals surface area contributed by atoms with E-state index in [1.807, 2.05) is 39.0 Å². The van der Waals surface area contributed by atoms with Gasteiger partial charge in [-0.25, -0.2) is 4.98 Å². The molecule has 5 rings (SSSR count). The fourth-order valence-corrected chi connectivity index (χ4v) is 8.45. The molecule has 0 aliphatic heterocycles. The average molecular weight is 670 g/mol. The Morgan fingerprint density at radius 1 is 1.04 bits per heavy atom. The molecule has 0 amide bonds. The molecule has 2 aromatic rings. The van der Waals surface area contributed by atoms with Crippen LogP contribution in [0.25, 0.3) is 5.76 Å². The first kappa shape index (κ1) is 35.1. The zero-order valence-corrected chi connectivity index (χ0v) is 30.6. The fraction of sp³-hybridized carbons (Fsp3) is 0.657. The van der Waals surface area contributed by atoms with Gasteiger partial charge < -0.3 is 28.3 Å². The third-order valence-corrected chi connectivity index (χ3v) is 14.9. The molecule has 3 aliphatic carbocycles. The predicted octanol–water partition coefficient (Wildman–Crippen LogP) is 6.73. The molecule has 1 fully saturated rings. The van der Waals surface area contributed by atoms with Crippen molar-refractivity contribution in [3.05, 3.63) is 34.2 Å². The van der Waals surface area contributed by atoms with Crippen LogP contribution in [0.15, 0.2) is 16.3 Å². The van der Waals surface area contributed by atoms with Crippen LogP contribution in [0.5, 0.6) is 17.5 Å². The lowest BCUT2D eigenvalue weighted by atomic mass is 9.57. The smallest absolute Gasteiger partial charge is 0.265 e. The van der Waals surface area contributed by atoms with Crippen molar-refractivity contribution in [2.24, 2.45) is 11.8 Å². The number of unbranched alkanes of at least 4 members (excludes halogenated alkanes) is 2. The van der Waals surface area contributed by atoms with Gasteiger partial charge in [0.2, 0.25) is 17.4 Å². The number of methoxy groups -OCH3 is 1. The number of carbonyl (C=O) groups excluding carboxylic acids is 2. The van der Waals surface area contributed by atoms with Crippen molar-refractivity contribution >= 4 is 25.6 Å². The van der Waals surface area contributed by atoms with Crippen LogP contribution in [0.2, 0.25) is 18.1 Å². The maximum absolute atomic E-state index is 15.4. The number of rotatable bonds is 12. The summed E-state index contributed by atoms with van der Waals surface area (Å²) < 4.78 is 30.8. The number of ether oxygens (including phenoxy) is 3. The Morgan fingerprint density at radius 2 is 1.70 bits per heavy atom. The van der Waals surface area contributed by atoms with Gasteiger partial charge in [-0.15, -0.1) is 0 Å². The lowest BCUT2D eigenvalue weighted by molar-refractivity contribution is -0.140. The van der Waals surface area contributed by atoms with E-state index in [9.17, 15) is 5.11 Å². The Bertz CT molecular complexity index is 1560. The number of pyridine rings is 1. The lowest BCUT2D eigenvalue weighted by Gasteiger charge is -2.55. The third-order valence-electron chi connectivity index (χ3n) is 10.5. The number of hydrogen-bond donors (Lipinski definition) is 1. The molecule has 1 saturated carbocycles. The predicted molar refractivity (Wildman–Crippen MR) is 180 cm³/mol. The quantitative estimate of drug-likeness (QED) is 0.147. The maximum atomic E-state index is 15.4. The van der Waals surface area contributed by atoms with E-state index >= 15 is 9.59 Å². The molecule has 0 saturated heterocycles. The van der Waals surface area contributed by atoms with E-state index in [1.54, 1.807) is 0 Å². The summed E-state index contributed by atoms with van der Waals surface area (Å²) >= 11 is 0. The minimum absolute atomic E-state index is 0.0755. The molecule has 2 aromatic heterocycles. The molecule has 47 heavy (non-hydrogen) atoms. The summed E-state index contributed by atoms with van der Waals surface area (Å²) in [6.45, 7) is 15.2. The van der Waals surface area contributed by atoms with Crippen LogP contribution in [0.3, 0.4) is 0 Å². The van der Waals surface area contributed by atoms with Crippen molar-refractivity contribution in [3.63, 3.8) is 0 Å². The molecule has 258 valence electrons. The van der Waals surface area contributed by atoms with Gasteiger partial charge >= 0.3 is 0 Å². The second-order valence-corrected chi connectivity index (χ2v) is 19.5. The fourth-order valence-electron chi connectivity index (χ4n) is 7.01. The number of aliphatic hydroxyl groups excluding tert-OH is 1. The molecule has 3 aliphatic rings. The Kier molecular flexibility index (Phi) is 9.71. The van der Waals surface area contributed by atoms with Crippen molar-refractivity contribution < 1.29 is 37.9 Å². The van der Waals surface area contributed by atoms with E-state index < -0.39 is 43.4 Å². The summed E-state index contributed by atoms with van der Waals surface area (Å²) in [5.74, 6) is -1.13. The molecular formula is C35H51N3O8Si. The van der Waals surface area contributed by atoms with Gasteiger partial charge in [0.1, 0.15) is 17.1 Å². The Morgan fingerprint density at radius 3 is 2.30 bits per heavy atom. The lowest BCUT2D eigenvalue weighted by Crippen LogP contribution is -2.68. The third kappa shape index (κ3) is 5.69. The number of hydrogen-bond acceptors (Lipinski definition) is 11. The van der Waals surface area contributed by atoms with Crippen molar-refractivity contribution in [2.75, 3.05) is 34.4 Å². The van der Waals surface area contributed by atoms with Gasteiger partial charge in [0, 0.05) is 17.1 Å². The Balaban J connectivity index is 1.77. The number of Topliss-reactive ketones (excluding diaryl/α,β-unsaturated/α-hetero) is 2. The summed E-state index contributed by atoms with van der Waals surface area (Å²) in [6, 6.07) is -0.527. The highest BCUT2D eigenvalue weighted by Crippen LogP contribution is 2.59. The molecule has 2 heterocycles. The molecule has 0 bridgehead atoms. The topological polar surface area (TPSA) is 133 Å². The zero-order valence-electron chi connectivity index (χ0n) is 29.6. The standard InChI is InChI=1S/C35H51N3O8Si/c1-11-13-15-43-23-19-36-32(42-8)21-17-20-18-22-27(38(6)7)29-26(33(37-45-29)44-16-14-12-2)31(41)35(22,46-47(9,10)34(3,4)5)30(40)24(20)28(39)25(21)23/h19-20,22,27,39H,11-18H2,1-10H3/t20-,22-,27-,35-/m0/s1. The van der Waals surface area contributed by atoms with Crippen LogP contribution < -0.4 is 14.2 Å². The summed E-state index contributed by atoms with van der Waals surface area (Å²) in [6.07, 6.45) is 5.67. The highest BCUT2D eigenvalue weighted by atomic mass is 28.4. The van der Waals surface area contributed by atoms with Crippen LogP contribution in [-0.2, 0) is 15.6 Å². The van der Waals surface area contributed by atoms with E-state index in [-0.39, 0.29) is 27.8 Å². The molecule has 11 nitrogen and oxygen atoms in total. The van der Waals surface area contributed by atoms with Crippen LogP contribution in [0, 0.1) is 11.8 Å². The minimum atomic E-state index is -2.82. The van der Waals surface area contributed by atoms with Gasteiger partial charge in [-0.05, 0) is 69.0 Å². The van der Waals surface area contributed by atoms with Gasteiger partial charge in [-0.1, -0.05) is 47.5 Å².